The lowest BCUT2D eigenvalue weighted by atomic mass is 9.90. The highest BCUT2D eigenvalue weighted by Gasteiger charge is 2.38. The summed E-state index contributed by atoms with van der Waals surface area (Å²) in [6.07, 6.45) is -3.39. The van der Waals surface area contributed by atoms with Crippen molar-refractivity contribution in [2.75, 3.05) is 0 Å². The fourth-order valence-corrected chi connectivity index (χ4v) is 2.23. The van der Waals surface area contributed by atoms with Crippen LogP contribution in [0.5, 0.6) is 0 Å². The van der Waals surface area contributed by atoms with Gasteiger partial charge in [-0.2, -0.15) is 13.2 Å². The monoisotopic (exact) mass is 276 g/mol. The van der Waals surface area contributed by atoms with Gasteiger partial charge in [0.05, 0.1) is 12.0 Å². The van der Waals surface area contributed by atoms with Gasteiger partial charge in [0.2, 0.25) is 0 Å². The summed E-state index contributed by atoms with van der Waals surface area (Å²) in [4.78, 5) is 10.8. The van der Waals surface area contributed by atoms with Gasteiger partial charge < -0.3 is 5.11 Å². The first kappa shape index (κ1) is 13.8. The van der Waals surface area contributed by atoms with Crippen molar-refractivity contribution in [3.63, 3.8) is 0 Å². The third-order valence-electron chi connectivity index (χ3n) is 3.31. The van der Waals surface area contributed by atoms with Crippen LogP contribution in [0.2, 0.25) is 0 Å². The van der Waals surface area contributed by atoms with Crippen LogP contribution in [0.15, 0.2) is 18.2 Å². The van der Waals surface area contributed by atoms with Crippen LogP contribution in [0, 0.1) is 11.7 Å². The zero-order valence-electron chi connectivity index (χ0n) is 9.88. The number of carbonyl (C=O) groups is 1. The molecule has 0 spiro atoms. The standard InChI is InChI=1S/C13H12F4O2/c14-11-4-3-8(5-10(11)13(15,16)17)9(6-12(18)19)7-1-2-7/h3-5,7,9H,1-2,6H2,(H,18,19). The van der Waals surface area contributed by atoms with E-state index in [1.54, 1.807) is 0 Å². The number of alkyl halides is 3. The molecule has 1 aliphatic carbocycles. The average molecular weight is 276 g/mol. The fraction of sp³-hybridized carbons (Fsp3) is 0.462. The average Bonchev–Trinajstić information content (AvgIpc) is 3.08. The molecule has 104 valence electrons. The summed E-state index contributed by atoms with van der Waals surface area (Å²) < 4.78 is 51.0. The molecule has 0 aromatic heterocycles. The molecule has 1 atom stereocenters. The third kappa shape index (κ3) is 3.24. The van der Waals surface area contributed by atoms with Crippen molar-refractivity contribution in [1.29, 1.82) is 0 Å². The Morgan fingerprint density at radius 3 is 2.47 bits per heavy atom. The highest BCUT2D eigenvalue weighted by molar-refractivity contribution is 5.68. The fourth-order valence-electron chi connectivity index (χ4n) is 2.23. The van der Waals surface area contributed by atoms with Crippen LogP contribution >= 0.6 is 0 Å². The van der Waals surface area contributed by atoms with Crippen molar-refractivity contribution < 1.29 is 27.5 Å². The molecule has 0 aliphatic heterocycles. The largest absolute Gasteiger partial charge is 0.481 e. The molecule has 0 saturated heterocycles. The van der Waals surface area contributed by atoms with Crippen LogP contribution in [-0.2, 0) is 11.0 Å². The normalized spacial score (nSPS) is 17.3. The molecule has 0 radical (unpaired) electrons. The van der Waals surface area contributed by atoms with Crippen LogP contribution < -0.4 is 0 Å². The summed E-state index contributed by atoms with van der Waals surface area (Å²) in [6, 6.07) is 2.74. The second-order valence-electron chi connectivity index (χ2n) is 4.78. The molecule has 19 heavy (non-hydrogen) atoms. The Morgan fingerprint density at radius 1 is 1.37 bits per heavy atom. The van der Waals surface area contributed by atoms with Crippen LogP contribution in [0.1, 0.15) is 36.3 Å². The second-order valence-corrected chi connectivity index (χ2v) is 4.78. The van der Waals surface area contributed by atoms with Gasteiger partial charge >= 0.3 is 12.1 Å². The zero-order valence-corrected chi connectivity index (χ0v) is 9.88. The Morgan fingerprint density at radius 2 is 2.00 bits per heavy atom. The van der Waals surface area contributed by atoms with E-state index in [1.807, 2.05) is 0 Å². The Balaban J connectivity index is 2.35. The van der Waals surface area contributed by atoms with E-state index in [9.17, 15) is 22.4 Å². The molecule has 2 nitrogen and oxygen atoms in total. The lowest BCUT2D eigenvalue weighted by molar-refractivity contribution is -0.140. The Hall–Kier alpha value is -1.59. The quantitative estimate of drug-likeness (QED) is 0.849. The molecule has 1 aromatic carbocycles. The molecule has 0 bridgehead atoms. The van der Waals surface area contributed by atoms with Gasteiger partial charge in [-0.15, -0.1) is 0 Å². The molecule has 1 unspecified atom stereocenters. The second kappa shape index (κ2) is 4.83. The number of aliphatic carboxylic acids is 1. The van der Waals surface area contributed by atoms with Gasteiger partial charge in [-0.05, 0) is 42.4 Å². The zero-order chi connectivity index (χ0) is 14.2. The maximum atomic E-state index is 13.2. The highest BCUT2D eigenvalue weighted by Crippen LogP contribution is 2.45. The molecule has 0 amide bonds. The number of halogens is 4. The number of hydrogen-bond donors (Lipinski definition) is 1. The first-order valence-corrected chi connectivity index (χ1v) is 5.87. The molecule has 0 heterocycles. The lowest BCUT2D eigenvalue weighted by Crippen LogP contribution is -2.12. The van der Waals surface area contributed by atoms with Crippen molar-refractivity contribution in [2.24, 2.45) is 5.92 Å². The maximum Gasteiger partial charge on any atom is 0.419 e. The van der Waals surface area contributed by atoms with E-state index in [-0.39, 0.29) is 17.9 Å². The van der Waals surface area contributed by atoms with Crippen LogP contribution in [-0.4, -0.2) is 11.1 Å². The van der Waals surface area contributed by atoms with E-state index in [0.29, 0.717) is 0 Å². The van der Waals surface area contributed by atoms with Gasteiger partial charge in [-0.25, -0.2) is 4.39 Å². The number of benzene rings is 1. The molecule has 1 fully saturated rings. The van der Waals surface area contributed by atoms with Gasteiger partial charge in [0, 0.05) is 0 Å². The summed E-state index contributed by atoms with van der Waals surface area (Å²) >= 11 is 0. The molecule has 6 heteroatoms. The summed E-state index contributed by atoms with van der Waals surface area (Å²) in [6.45, 7) is 0. The maximum absolute atomic E-state index is 13.2. The van der Waals surface area contributed by atoms with Crippen molar-refractivity contribution in [2.45, 2.75) is 31.4 Å². The van der Waals surface area contributed by atoms with Gasteiger partial charge in [0.15, 0.2) is 0 Å². The minimum absolute atomic E-state index is 0.0858. The first-order valence-electron chi connectivity index (χ1n) is 5.87. The minimum atomic E-state index is -4.77. The molecular formula is C13H12F4O2. The molecular weight excluding hydrogens is 264 g/mol. The molecule has 1 saturated carbocycles. The number of hydrogen-bond acceptors (Lipinski definition) is 1. The predicted octanol–water partition coefficient (Wildman–Crippen LogP) is 3.81. The van der Waals surface area contributed by atoms with E-state index in [4.69, 9.17) is 5.11 Å². The van der Waals surface area contributed by atoms with Crippen LogP contribution in [0.4, 0.5) is 17.6 Å². The number of carboxylic acids is 1. The van der Waals surface area contributed by atoms with Gasteiger partial charge in [0.25, 0.3) is 0 Å². The van der Waals surface area contributed by atoms with Crippen molar-refractivity contribution >= 4 is 5.97 Å². The minimum Gasteiger partial charge on any atom is -0.481 e. The Labute approximate surface area is 107 Å². The van der Waals surface area contributed by atoms with E-state index >= 15 is 0 Å². The lowest BCUT2D eigenvalue weighted by Gasteiger charge is -2.17. The molecule has 1 aromatic rings. The van der Waals surface area contributed by atoms with Gasteiger partial charge in [0.1, 0.15) is 5.82 Å². The summed E-state index contributed by atoms with van der Waals surface area (Å²) in [7, 11) is 0. The van der Waals surface area contributed by atoms with Gasteiger partial charge in [-0.3, -0.25) is 4.79 Å². The molecule has 2 rings (SSSR count). The van der Waals surface area contributed by atoms with E-state index in [0.717, 1.165) is 25.0 Å². The van der Waals surface area contributed by atoms with Crippen molar-refractivity contribution in [3.8, 4) is 0 Å². The van der Waals surface area contributed by atoms with Crippen molar-refractivity contribution in [1.82, 2.24) is 0 Å². The van der Waals surface area contributed by atoms with Crippen LogP contribution in [0.25, 0.3) is 0 Å². The Kier molecular flexibility index (Phi) is 3.52. The van der Waals surface area contributed by atoms with E-state index < -0.39 is 29.4 Å². The summed E-state index contributed by atoms with van der Waals surface area (Å²) in [5.74, 6) is -2.78. The predicted molar refractivity (Wildman–Crippen MR) is 59.1 cm³/mol. The topological polar surface area (TPSA) is 37.3 Å². The highest BCUT2D eigenvalue weighted by atomic mass is 19.4. The van der Waals surface area contributed by atoms with Crippen molar-refractivity contribution in [3.05, 3.63) is 35.1 Å². The first-order chi connectivity index (χ1) is 8.79. The molecule has 1 N–H and O–H groups in total. The number of carboxylic acid groups (broad SMARTS) is 1. The third-order valence-corrected chi connectivity index (χ3v) is 3.31. The van der Waals surface area contributed by atoms with E-state index in [1.165, 1.54) is 6.07 Å². The SMILES string of the molecule is O=C(O)CC(c1ccc(F)c(C(F)(F)F)c1)C1CC1. The Bertz CT molecular complexity index is 492. The summed E-state index contributed by atoms with van der Waals surface area (Å²) in [5.41, 5.74) is -1.08. The van der Waals surface area contributed by atoms with Crippen LogP contribution in [0.3, 0.4) is 0 Å². The molecule has 1 aliphatic rings. The van der Waals surface area contributed by atoms with E-state index in [2.05, 4.69) is 0 Å². The van der Waals surface area contributed by atoms with Gasteiger partial charge in [-0.1, -0.05) is 6.07 Å². The summed E-state index contributed by atoms with van der Waals surface area (Å²) in [5, 5.41) is 8.81. The number of rotatable bonds is 4. The smallest absolute Gasteiger partial charge is 0.419 e.